The van der Waals surface area contributed by atoms with Crippen LogP contribution < -0.4 is 19.1 Å². The summed E-state index contributed by atoms with van der Waals surface area (Å²) < 4.78 is 175. The fraction of sp³-hybridized carbons (Fsp3) is 0.333. The van der Waals surface area contributed by atoms with Gasteiger partial charge in [0.05, 0.1) is 57.1 Å². The van der Waals surface area contributed by atoms with Gasteiger partial charge >= 0.3 is 18.7 Å². The first-order valence-electron chi connectivity index (χ1n) is 13.2. The van der Waals surface area contributed by atoms with Gasteiger partial charge in [0.2, 0.25) is 0 Å². The maximum atomic E-state index is 13.8. The van der Waals surface area contributed by atoms with Crippen LogP contribution in [0, 0.1) is 0 Å². The summed E-state index contributed by atoms with van der Waals surface area (Å²) in [6, 6.07) is 4.51. The van der Waals surface area contributed by atoms with Gasteiger partial charge in [-0.05, 0) is 60.7 Å². The molecule has 2 N–H and O–H groups in total. The highest BCUT2D eigenvalue weighted by Gasteiger charge is 2.47. The number of anilines is 2. The smallest absolute Gasteiger partial charge is 0.453 e. The molecule has 4 unspecified atom stereocenters. The fourth-order valence-electron chi connectivity index (χ4n) is 5.20. The van der Waals surface area contributed by atoms with Gasteiger partial charge in [-0.25, -0.2) is 21.7 Å². The van der Waals surface area contributed by atoms with Crippen LogP contribution in [0.2, 0.25) is 0 Å². The van der Waals surface area contributed by atoms with E-state index in [-0.39, 0.29) is 16.3 Å². The van der Waals surface area contributed by atoms with Gasteiger partial charge in [-0.15, -0.1) is 13.2 Å². The predicted octanol–water partition coefficient (Wildman–Crippen LogP) is 6.05. The topological polar surface area (TPSA) is 118 Å². The molecule has 20 heteroatoms. The van der Waals surface area contributed by atoms with Crippen LogP contribution in [0.15, 0.2) is 69.9 Å². The van der Waals surface area contributed by atoms with Crippen molar-refractivity contribution in [1.29, 1.82) is 0 Å². The summed E-state index contributed by atoms with van der Waals surface area (Å²) in [5.41, 5.74) is -2.88. The van der Waals surface area contributed by atoms with Gasteiger partial charge < -0.3 is 19.5 Å². The molecule has 47 heavy (non-hydrogen) atoms. The Morgan fingerprint density at radius 2 is 1.38 bits per heavy atom. The molecule has 2 aliphatic rings. The van der Waals surface area contributed by atoms with Crippen LogP contribution in [-0.2, 0) is 32.1 Å². The summed E-state index contributed by atoms with van der Waals surface area (Å²) in [6.07, 6.45) is -16.6. The molecule has 5 rings (SSSR count). The third-order valence-electron chi connectivity index (χ3n) is 7.25. The number of hydrogen-bond donors (Lipinski definition) is 2. The first kappa shape index (κ1) is 34.6. The lowest BCUT2D eigenvalue weighted by molar-refractivity contribution is -0.274. The number of alkyl halides is 9. The van der Waals surface area contributed by atoms with Crippen LogP contribution in [0.4, 0.5) is 50.9 Å². The molecule has 0 aliphatic carbocycles. The zero-order valence-electron chi connectivity index (χ0n) is 23.5. The molecule has 9 nitrogen and oxygen atoms in total. The number of aliphatic hydroxyl groups is 1. The third-order valence-corrected chi connectivity index (χ3v) is 11.0. The second kappa shape index (κ2) is 11.7. The lowest BCUT2D eigenvalue weighted by Gasteiger charge is -2.44. The largest absolute Gasteiger partial charge is 0.573 e. The molecule has 1 saturated heterocycles. The lowest BCUT2D eigenvalue weighted by atomic mass is 10.00. The van der Waals surface area contributed by atoms with Crippen molar-refractivity contribution in [2.75, 3.05) is 23.5 Å². The summed E-state index contributed by atoms with van der Waals surface area (Å²) in [5, 5.41) is 11.5. The van der Waals surface area contributed by atoms with Gasteiger partial charge in [0, 0.05) is 7.05 Å². The number of fused-ring (bicyclic) bond motifs is 2. The molecule has 2 heterocycles. The number of hydrogen-bond acceptors (Lipinski definition) is 8. The van der Waals surface area contributed by atoms with Crippen molar-refractivity contribution in [3.05, 3.63) is 71.8 Å². The minimum absolute atomic E-state index is 0.216. The normalized spacial score (nSPS) is 22.4. The molecule has 3 aromatic rings. The summed E-state index contributed by atoms with van der Waals surface area (Å²) in [4.78, 5) is 0.821. The highest BCUT2D eigenvalue weighted by Crippen LogP contribution is 2.51. The number of aliphatic hydroxyl groups excluding tert-OH is 1. The number of halogens is 9. The van der Waals surface area contributed by atoms with Crippen LogP contribution in [0.1, 0.15) is 11.1 Å². The highest BCUT2D eigenvalue weighted by molar-refractivity contribution is 7.92. The Morgan fingerprint density at radius 3 is 1.83 bits per heavy atom. The summed E-state index contributed by atoms with van der Waals surface area (Å²) in [5.74, 6) is -3.51. The van der Waals surface area contributed by atoms with Crippen molar-refractivity contribution < 1.29 is 66.7 Å². The van der Waals surface area contributed by atoms with Crippen LogP contribution in [0.3, 0.4) is 0 Å². The van der Waals surface area contributed by atoms with Gasteiger partial charge in [-0.2, -0.15) is 26.3 Å². The van der Waals surface area contributed by atoms with Crippen molar-refractivity contribution in [2.24, 2.45) is 4.36 Å². The minimum Gasteiger partial charge on any atom is -0.453 e. The van der Waals surface area contributed by atoms with Gasteiger partial charge in [0.25, 0.3) is 0 Å². The van der Waals surface area contributed by atoms with Crippen molar-refractivity contribution in [2.45, 2.75) is 41.8 Å². The quantitative estimate of drug-likeness (QED) is 0.309. The van der Waals surface area contributed by atoms with E-state index in [0.717, 1.165) is 48.3 Å². The molecule has 0 saturated carbocycles. The van der Waals surface area contributed by atoms with E-state index < -0.39 is 96.5 Å². The Labute approximate surface area is 261 Å². The van der Waals surface area contributed by atoms with Crippen molar-refractivity contribution in [3.63, 3.8) is 0 Å². The average molecular weight is 720 g/mol. The maximum Gasteiger partial charge on any atom is 0.573 e. The predicted molar refractivity (Wildman–Crippen MR) is 148 cm³/mol. The van der Waals surface area contributed by atoms with Crippen molar-refractivity contribution in [3.8, 4) is 17.2 Å². The maximum absolute atomic E-state index is 13.8. The second-order valence-corrected chi connectivity index (χ2v) is 14.7. The number of nitrogens with one attached hydrogen (secondary N) is 1. The van der Waals surface area contributed by atoms with Crippen LogP contribution in [-0.4, -0.2) is 60.8 Å². The van der Waals surface area contributed by atoms with E-state index in [9.17, 15) is 57.2 Å². The zero-order chi connectivity index (χ0) is 34.7. The van der Waals surface area contributed by atoms with E-state index in [1.54, 1.807) is 0 Å². The Balaban J connectivity index is 1.56. The van der Waals surface area contributed by atoms with Crippen molar-refractivity contribution in [1.82, 2.24) is 4.72 Å². The Bertz CT molecular complexity index is 1840. The van der Waals surface area contributed by atoms with Gasteiger partial charge in [-0.3, -0.25) is 0 Å². The second-order valence-electron chi connectivity index (χ2n) is 10.4. The Morgan fingerprint density at radius 1 is 0.872 bits per heavy atom. The highest BCUT2D eigenvalue weighted by atomic mass is 32.2. The third kappa shape index (κ3) is 7.24. The SMILES string of the molecule is CN=S(=O)(NC1CS(=O)(=O)CC(N2c3ccc(C(F)(F)F)cc3Oc3cc(C(F)(F)F)ccc32)C1O)c1ccc(OC(F)(F)F)cc1. The van der Waals surface area contributed by atoms with Gasteiger partial charge in [0.15, 0.2) is 21.3 Å². The molecule has 3 aromatic carbocycles. The standard InChI is InChI=1S/C27H22F9N3O6S2/c1-37-47(43,17-6-4-16(5-7-17)45-27(34,35)36)38-18-12-46(41,42)13-21(24(18)40)39-19-8-2-14(25(28,29)30)10-22(19)44-23-11-15(26(31,32)33)3-9-20(23)39/h2-11,18,21,24,40H,12-13H2,1H3,(H,37,38,43). The first-order chi connectivity index (χ1) is 21.6. The average Bonchev–Trinajstić information content (AvgIpc) is 2.95. The monoisotopic (exact) mass is 719 g/mol. The number of rotatable bonds is 5. The molecular weight excluding hydrogens is 697 g/mol. The number of ether oxygens (including phenoxy) is 2. The molecule has 0 amide bonds. The Hall–Kier alpha value is -3.75. The number of benzene rings is 3. The van der Waals surface area contributed by atoms with Crippen LogP contribution in [0.5, 0.6) is 17.2 Å². The van der Waals surface area contributed by atoms with Gasteiger partial charge in [0.1, 0.15) is 15.7 Å². The molecule has 4 atom stereocenters. The molecule has 0 radical (unpaired) electrons. The van der Waals surface area contributed by atoms with E-state index in [2.05, 4.69) is 13.8 Å². The number of nitrogens with zero attached hydrogens (tertiary/aromatic N) is 2. The molecule has 2 aliphatic heterocycles. The summed E-state index contributed by atoms with van der Waals surface area (Å²) >= 11 is 0. The lowest BCUT2D eigenvalue weighted by Crippen LogP contribution is -2.62. The van der Waals surface area contributed by atoms with Crippen molar-refractivity contribution >= 4 is 31.1 Å². The molecular formula is C27H22F9N3O6S2. The molecule has 0 bridgehead atoms. The van der Waals surface area contributed by atoms with E-state index >= 15 is 0 Å². The van der Waals surface area contributed by atoms with Gasteiger partial charge in [-0.1, -0.05) is 0 Å². The van der Waals surface area contributed by atoms with E-state index in [1.807, 2.05) is 0 Å². The van der Waals surface area contributed by atoms with E-state index in [4.69, 9.17) is 4.74 Å². The zero-order valence-corrected chi connectivity index (χ0v) is 25.2. The van der Waals surface area contributed by atoms with Crippen LogP contribution in [0.25, 0.3) is 0 Å². The van der Waals surface area contributed by atoms with E-state index in [1.165, 1.54) is 0 Å². The number of sulfone groups is 1. The molecule has 1 fully saturated rings. The molecule has 0 spiro atoms. The minimum atomic E-state index is -5.02. The summed E-state index contributed by atoms with van der Waals surface area (Å²) in [7, 11) is -6.99. The Kier molecular flexibility index (Phi) is 8.64. The van der Waals surface area contributed by atoms with Crippen LogP contribution >= 0.6 is 0 Å². The van der Waals surface area contributed by atoms with E-state index in [0.29, 0.717) is 24.3 Å². The fourth-order valence-corrected chi connectivity index (χ4v) is 8.73. The summed E-state index contributed by atoms with van der Waals surface area (Å²) in [6.45, 7) is 0. The first-order valence-corrected chi connectivity index (χ1v) is 16.5. The molecule has 0 aromatic heterocycles. The molecule has 256 valence electrons.